The topological polar surface area (TPSA) is 0 Å². The fraction of sp³-hybridized carbons (Fsp3) is 0.250. The van der Waals surface area contributed by atoms with Gasteiger partial charge in [-0.2, -0.15) is 0 Å². The largest absolute Gasteiger partial charge is 0.0656 e. The average Bonchev–Trinajstić information content (AvgIpc) is 2.34. The number of aryl methyl sites for hydroxylation is 1. The zero-order valence-electron chi connectivity index (χ0n) is 10.6. The van der Waals surface area contributed by atoms with Crippen molar-refractivity contribution in [1.82, 2.24) is 0 Å². The highest BCUT2D eigenvalue weighted by Crippen LogP contribution is 1.92. The van der Waals surface area contributed by atoms with Gasteiger partial charge in [-0.05, 0) is 6.92 Å². The molecular formula is C16H22. The van der Waals surface area contributed by atoms with Crippen LogP contribution >= 0.6 is 0 Å². The highest BCUT2D eigenvalue weighted by atomic mass is 13.8. The van der Waals surface area contributed by atoms with Crippen molar-refractivity contribution in [2.75, 3.05) is 0 Å². The van der Waals surface area contributed by atoms with E-state index in [2.05, 4.69) is 32.9 Å². The molecule has 0 N–H and O–H groups in total. The third kappa shape index (κ3) is 10.5. The molecule has 0 radical (unpaired) electrons. The molecule has 16 heavy (non-hydrogen) atoms. The van der Waals surface area contributed by atoms with Crippen molar-refractivity contribution in [2.45, 2.75) is 27.2 Å². The molecule has 0 aliphatic heterocycles. The van der Waals surface area contributed by atoms with E-state index in [1.165, 1.54) is 12.0 Å². The Balaban J connectivity index is 0.000000230. The lowest BCUT2D eigenvalue weighted by molar-refractivity contribution is 1.09. The summed E-state index contributed by atoms with van der Waals surface area (Å²) < 4.78 is 0. The SMILES string of the molecule is CCC.Cc1ccccc1.c1ccccc1. The summed E-state index contributed by atoms with van der Waals surface area (Å²) in [6.45, 7) is 6.33. The number of hydrogen-bond donors (Lipinski definition) is 0. The van der Waals surface area contributed by atoms with Crippen LogP contribution in [0.2, 0.25) is 0 Å². The van der Waals surface area contributed by atoms with Gasteiger partial charge in [-0.15, -0.1) is 0 Å². The third-order valence-corrected chi connectivity index (χ3v) is 1.61. The number of benzene rings is 2. The summed E-state index contributed by atoms with van der Waals surface area (Å²) in [4.78, 5) is 0. The first-order valence-electron chi connectivity index (χ1n) is 5.82. The number of hydrogen-bond acceptors (Lipinski definition) is 0. The van der Waals surface area contributed by atoms with Crippen LogP contribution in [-0.2, 0) is 0 Å². The molecule has 0 aliphatic carbocycles. The highest BCUT2D eigenvalue weighted by molar-refractivity contribution is 5.11. The first-order valence-corrected chi connectivity index (χ1v) is 5.82. The minimum atomic E-state index is 1.25. The van der Waals surface area contributed by atoms with Crippen LogP contribution in [0.25, 0.3) is 0 Å². The van der Waals surface area contributed by atoms with Crippen LogP contribution in [0, 0.1) is 6.92 Å². The van der Waals surface area contributed by atoms with Crippen LogP contribution in [0.5, 0.6) is 0 Å². The first kappa shape index (κ1) is 14.4. The van der Waals surface area contributed by atoms with Crippen LogP contribution in [0.4, 0.5) is 0 Å². The predicted octanol–water partition coefficient (Wildman–Crippen LogP) is 5.10. The lowest BCUT2D eigenvalue weighted by atomic mass is 10.2. The molecule has 0 saturated carbocycles. The van der Waals surface area contributed by atoms with Crippen LogP contribution in [0.15, 0.2) is 66.7 Å². The van der Waals surface area contributed by atoms with E-state index in [0.29, 0.717) is 0 Å². The Bertz CT molecular complexity index is 284. The molecule has 2 aromatic rings. The predicted molar refractivity (Wildman–Crippen MR) is 73.6 cm³/mol. The molecule has 0 aliphatic rings. The maximum atomic E-state index is 2.12. The van der Waals surface area contributed by atoms with Gasteiger partial charge >= 0.3 is 0 Å². The molecule has 0 aromatic heterocycles. The van der Waals surface area contributed by atoms with Crippen molar-refractivity contribution in [3.05, 3.63) is 72.3 Å². The van der Waals surface area contributed by atoms with Gasteiger partial charge in [0.05, 0.1) is 0 Å². The van der Waals surface area contributed by atoms with Crippen molar-refractivity contribution in [3.63, 3.8) is 0 Å². The van der Waals surface area contributed by atoms with Crippen molar-refractivity contribution >= 4 is 0 Å². The molecule has 0 bridgehead atoms. The summed E-state index contributed by atoms with van der Waals surface area (Å²) >= 11 is 0. The minimum Gasteiger partial charge on any atom is -0.0656 e. The lowest BCUT2D eigenvalue weighted by Crippen LogP contribution is -1.62. The van der Waals surface area contributed by atoms with E-state index in [-0.39, 0.29) is 0 Å². The molecule has 0 heterocycles. The summed E-state index contributed by atoms with van der Waals surface area (Å²) in [5.74, 6) is 0. The minimum absolute atomic E-state index is 1.25. The molecule has 0 unspecified atom stereocenters. The fourth-order valence-electron chi connectivity index (χ4n) is 0.919. The first-order chi connectivity index (χ1) is 7.81. The van der Waals surface area contributed by atoms with Crippen molar-refractivity contribution in [1.29, 1.82) is 0 Å². The summed E-state index contributed by atoms with van der Waals surface area (Å²) in [5, 5.41) is 0. The molecule has 86 valence electrons. The van der Waals surface area contributed by atoms with E-state index in [0.717, 1.165) is 0 Å². The quantitative estimate of drug-likeness (QED) is 0.572. The van der Waals surface area contributed by atoms with E-state index in [1.807, 2.05) is 54.6 Å². The summed E-state index contributed by atoms with van der Waals surface area (Å²) in [7, 11) is 0. The average molecular weight is 214 g/mol. The van der Waals surface area contributed by atoms with Gasteiger partial charge in [-0.25, -0.2) is 0 Å². The maximum Gasteiger partial charge on any atom is -0.0398 e. The van der Waals surface area contributed by atoms with Gasteiger partial charge in [0.25, 0.3) is 0 Å². The van der Waals surface area contributed by atoms with Crippen molar-refractivity contribution in [2.24, 2.45) is 0 Å². The number of rotatable bonds is 0. The zero-order valence-corrected chi connectivity index (χ0v) is 10.6. The Morgan fingerprint density at radius 3 is 1.06 bits per heavy atom. The van der Waals surface area contributed by atoms with Crippen LogP contribution < -0.4 is 0 Å². The summed E-state index contributed by atoms with van der Waals surface area (Å²) in [6.07, 6.45) is 1.25. The van der Waals surface area contributed by atoms with Crippen LogP contribution in [0.1, 0.15) is 25.8 Å². The standard InChI is InChI=1S/C7H8.C6H6.C3H8/c1-7-5-3-2-4-6-7;1-2-4-6-5-3-1;1-3-2/h2-6H,1H3;1-6H;3H2,1-2H3. The Morgan fingerprint density at radius 2 is 0.875 bits per heavy atom. The molecule has 0 saturated heterocycles. The molecular weight excluding hydrogens is 192 g/mol. The Hall–Kier alpha value is -1.56. The Kier molecular flexibility index (Phi) is 10.4. The highest BCUT2D eigenvalue weighted by Gasteiger charge is 1.72. The molecule has 0 amide bonds. The van der Waals surface area contributed by atoms with Gasteiger partial charge in [0.15, 0.2) is 0 Å². The summed E-state index contributed by atoms with van der Waals surface area (Å²) in [5.41, 5.74) is 1.32. The van der Waals surface area contributed by atoms with Crippen molar-refractivity contribution in [3.8, 4) is 0 Å². The van der Waals surface area contributed by atoms with Gasteiger partial charge in [-0.3, -0.25) is 0 Å². The normalized spacial score (nSPS) is 7.94. The van der Waals surface area contributed by atoms with E-state index in [1.54, 1.807) is 0 Å². The maximum absolute atomic E-state index is 2.12. The Labute approximate surface area is 100.0 Å². The van der Waals surface area contributed by atoms with E-state index in [9.17, 15) is 0 Å². The third-order valence-electron chi connectivity index (χ3n) is 1.61. The van der Waals surface area contributed by atoms with Gasteiger partial charge in [0.1, 0.15) is 0 Å². The van der Waals surface area contributed by atoms with Crippen LogP contribution in [-0.4, -0.2) is 0 Å². The van der Waals surface area contributed by atoms with Gasteiger partial charge in [0.2, 0.25) is 0 Å². The second-order valence-electron chi connectivity index (χ2n) is 3.52. The molecule has 0 spiro atoms. The second kappa shape index (κ2) is 11.5. The zero-order chi connectivity index (χ0) is 12.1. The molecule has 2 rings (SSSR count). The molecule has 0 heteroatoms. The van der Waals surface area contributed by atoms with Crippen molar-refractivity contribution < 1.29 is 0 Å². The van der Waals surface area contributed by atoms with E-state index < -0.39 is 0 Å². The fourth-order valence-corrected chi connectivity index (χ4v) is 0.919. The lowest BCUT2D eigenvalue weighted by Gasteiger charge is -1.82. The summed E-state index contributed by atoms with van der Waals surface area (Å²) in [6, 6.07) is 22.3. The smallest absolute Gasteiger partial charge is 0.0398 e. The molecule has 0 fully saturated rings. The van der Waals surface area contributed by atoms with Crippen LogP contribution in [0.3, 0.4) is 0 Å². The monoisotopic (exact) mass is 214 g/mol. The van der Waals surface area contributed by atoms with Gasteiger partial charge in [0, 0.05) is 0 Å². The van der Waals surface area contributed by atoms with E-state index >= 15 is 0 Å². The van der Waals surface area contributed by atoms with Gasteiger partial charge < -0.3 is 0 Å². The Morgan fingerprint density at radius 1 is 0.625 bits per heavy atom. The van der Waals surface area contributed by atoms with Gasteiger partial charge in [-0.1, -0.05) is 92.6 Å². The van der Waals surface area contributed by atoms with E-state index in [4.69, 9.17) is 0 Å². The second-order valence-corrected chi connectivity index (χ2v) is 3.52. The molecule has 2 aromatic carbocycles. The molecule has 0 nitrogen and oxygen atoms in total. The molecule has 0 atom stereocenters.